The summed E-state index contributed by atoms with van der Waals surface area (Å²) in [5, 5.41) is 3.27. The van der Waals surface area contributed by atoms with E-state index in [0.29, 0.717) is 12.0 Å². The summed E-state index contributed by atoms with van der Waals surface area (Å²) in [7, 11) is 1.91. The van der Waals surface area contributed by atoms with Crippen molar-refractivity contribution in [3.05, 3.63) is 0 Å². The summed E-state index contributed by atoms with van der Waals surface area (Å²) in [5.41, 5.74) is 0. The van der Waals surface area contributed by atoms with Crippen LogP contribution in [0.4, 0.5) is 0 Å². The van der Waals surface area contributed by atoms with E-state index in [0.717, 1.165) is 19.4 Å². The van der Waals surface area contributed by atoms with Crippen molar-refractivity contribution in [3.63, 3.8) is 0 Å². The first kappa shape index (κ1) is 11.5. The van der Waals surface area contributed by atoms with Crippen molar-refractivity contribution in [2.24, 2.45) is 5.92 Å². The van der Waals surface area contributed by atoms with Crippen molar-refractivity contribution >= 4 is 5.91 Å². The molecule has 3 nitrogen and oxygen atoms in total. The average Bonchev–Trinajstić information content (AvgIpc) is 2.61. The van der Waals surface area contributed by atoms with Crippen molar-refractivity contribution in [1.82, 2.24) is 10.2 Å². The fraction of sp³-hybridized carbons (Fsp3) is 0.909. The van der Waals surface area contributed by atoms with Crippen LogP contribution in [0.5, 0.6) is 0 Å². The SMILES string of the molecule is CCC(C)N(C)C(=O)C1NCCC1C. The number of hydrogen-bond acceptors (Lipinski definition) is 2. The highest BCUT2D eigenvalue weighted by Crippen LogP contribution is 2.17. The Hall–Kier alpha value is -0.570. The van der Waals surface area contributed by atoms with E-state index in [9.17, 15) is 4.79 Å². The van der Waals surface area contributed by atoms with Crippen LogP contribution in [-0.4, -0.2) is 36.5 Å². The van der Waals surface area contributed by atoms with Crippen molar-refractivity contribution in [1.29, 1.82) is 0 Å². The Balaban J connectivity index is 2.55. The molecule has 0 aromatic rings. The maximum atomic E-state index is 12.0. The molecule has 3 heteroatoms. The van der Waals surface area contributed by atoms with E-state index in [4.69, 9.17) is 0 Å². The first-order valence-electron chi connectivity index (χ1n) is 5.58. The molecule has 1 rings (SSSR count). The quantitative estimate of drug-likeness (QED) is 0.740. The van der Waals surface area contributed by atoms with Gasteiger partial charge in [-0.2, -0.15) is 0 Å². The second-order valence-corrected chi connectivity index (χ2v) is 4.40. The monoisotopic (exact) mass is 198 g/mol. The van der Waals surface area contributed by atoms with Gasteiger partial charge in [-0.05, 0) is 32.2 Å². The Morgan fingerprint density at radius 3 is 2.71 bits per heavy atom. The van der Waals surface area contributed by atoms with Crippen molar-refractivity contribution in [2.75, 3.05) is 13.6 Å². The fourth-order valence-corrected chi connectivity index (χ4v) is 1.88. The number of likely N-dealkylation sites (N-methyl/N-ethyl adjacent to an activating group) is 1. The molecular weight excluding hydrogens is 176 g/mol. The van der Waals surface area contributed by atoms with Crippen LogP contribution in [-0.2, 0) is 4.79 Å². The normalized spacial score (nSPS) is 28.9. The first-order chi connectivity index (χ1) is 6.57. The highest BCUT2D eigenvalue weighted by Gasteiger charge is 2.32. The van der Waals surface area contributed by atoms with Crippen LogP contribution >= 0.6 is 0 Å². The fourth-order valence-electron chi connectivity index (χ4n) is 1.88. The zero-order valence-corrected chi connectivity index (χ0v) is 9.71. The number of rotatable bonds is 3. The number of carbonyl (C=O) groups is 1. The van der Waals surface area contributed by atoms with Gasteiger partial charge >= 0.3 is 0 Å². The van der Waals surface area contributed by atoms with E-state index < -0.39 is 0 Å². The Kier molecular flexibility index (Phi) is 3.93. The molecule has 0 spiro atoms. The molecule has 1 saturated heterocycles. The zero-order valence-electron chi connectivity index (χ0n) is 9.71. The van der Waals surface area contributed by atoms with Gasteiger partial charge in [0.2, 0.25) is 5.91 Å². The second kappa shape index (κ2) is 4.78. The summed E-state index contributed by atoms with van der Waals surface area (Å²) in [6, 6.07) is 0.395. The molecule has 1 fully saturated rings. The molecule has 14 heavy (non-hydrogen) atoms. The summed E-state index contributed by atoms with van der Waals surface area (Å²) >= 11 is 0. The maximum Gasteiger partial charge on any atom is 0.239 e. The third kappa shape index (κ3) is 2.27. The number of amides is 1. The number of carbonyl (C=O) groups excluding carboxylic acids is 1. The highest BCUT2D eigenvalue weighted by atomic mass is 16.2. The van der Waals surface area contributed by atoms with Gasteiger partial charge in [0.05, 0.1) is 6.04 Å². The standard InChI is InChI=1S/C11H22N2O/c1-5-9(3)13(4)11(14)10-8(2)6-7-12-10/h8-10,12H,5-7H2,1-4H3. The number of nitrogens with zero attached hydrogens (tertiary/aromatic N) is 1. The summed E-state index contributed by atoms with van der Waals surface area (Å²) in [5.74, 6) is 0.735. The van der Waals surface area contributed by atoms with E-state index in [1.165, 1.54) is 0 Å². The molecule has 0 saturated carbocycles. The third-order valence-electron chi connectivity index (χ3n) is 3.40. The molecule has 1 N–H and O–H groups in total. The largest absolute Gasteiger partial charge is 0.342 e. The molecule has 0 radical (unpaired) electrons. The molecule has 1 aliphatic heterocycles. The van der Waals surface area contributed by atoms with Gasteiger partial charge in [0.25, 0.3) is 0 Å². The van der Waals surface area contributed by atoms with Crippen molar-refractivity contribution in [2.45, 2.75) is 45.7 Å². The van der Waals surface area contributed by atoms with Gasteiger partial charge in [-0.1, -0.05) is 13.8 Å². The minimum absolute atomic E-state index is 0.0500. The van der Waals surface area contributed by atoms with Crippen molar-refractivity contribution in [3.8, 4) is 0 Å². The topological polar surface area (TPSA) is 32.3 Å². The average molecular weight is 198 g/mol. The summed E-state index contributed by atoms with van der Waals surface area (Å²) in [6.45, 7) is 7.33. The maximum absolute atomic E-state index is 12.0. The molecule has 0 aromatic carbocycles. The van der Waals surface area contributed by atoms with Crippen LogP contribution in [0.1, 0.15) is 33.6 Å². The summed E-state index contributed by atoms with van der Waals surface area (Å²) < 4.78 is 0. The minimum Gasteiger partial charge on any atom is -0.342 e. The molecule has 1 amide bonds. The van der Waals surface area contributed by atoms with Gasteiger partial charge in [0.1, 0.15) is 0 Å². The van der Waals surface area contributed by atoms with E-state index in [2.05, 4.69) is 26.1 Å². The first-order valence-corrected chi connectivity index (χ1v) is 5.58. The van der Waals surface area contributed by atoms with E-state index >= 15 is 0 Å². The van der Waals surface area contributed by atoms with E-state index in [1.807, 2.05) is 11.9 Å². The van der Waals surface area contributed by atoms with Gasteiger partial charge < -0.3 is 10.2 Å². The summed E-state index contributed by atoms with van der Waals surface area (Å²) in [6.07, 6.45) is 2.13. The van der Waals surface area contributed by atoms with Crippen LogP contribution in [0.15, 0.2) is 0 Å². The Labute approximate surface area is 86.9 Å². The molecule has 3 atom stereocenters. The molecular formula is C11H22N2O. The zero-order chi connectivity index (χ0) is 10.7. The lowest BCUT2D eigenvalue weighted by atomic mass is 10.0. The smallest absolute Gasteiger partial charge is 0.239 e. The third-order valence-corrected chi connectivity index (χ3v) is 3.40. The van der Waals surface area contributed by atoms with Crippen LogP contribution < -0.4 is 5.32 Å². The molecule has 82 valence electrons. The van der Waals surface area contributed by atoms with Crippen LogP contribution in [0.2, 0.25) is 0 Å². The van der Waals surface area contributed by atoms with Crippen LogP contribution in [0.3, 0.4) is 0 Å². The molecule has 0 aliphatic carbocycles. The highest BCUT2D eigenvalue weighted by molar-refractivity contribution is 5.82. The van der Waals surface area contributed by atoms with E-state index in [-0.39, 0.29) is 11.9 Å². The lowest BCUT2D eigenvalue weighted by Crippen LogP contribution is -2.47. The molecule has 0 bridgehead atoms. The molecule has 1 aliphatic rings. The van der Waals surface area contributed by atoms with E-state index in [1.54, 1.807) is 0 Å². The molecule has 1 heterocycles. The number of nitrogens with one attached hydrogen (secondary N) is 1. The molecule has 0 aromatic heterocycles. The van der Waals surface area contributed by atoms with Gasteiger partial charge in [-0.3, -0.25) is 4.79 Å². The van der Waals surface area contributed by atoms with Gasteiger partial charge in [0.15, 0.2) is 0 Å². The lowest BCUT2D eigenvalue weighted by molar-refractivity contribution is -0.134. The van der Waals surface area contributed by atoms with Gasteiger partial charge in [0, 0.05) is 13.1 Å². The minimum atomic E-state index is 0.0500. The van der Waals surface area contributed by atoms with Crippen molar-refractivity contribution < 1.29 is 4.79 Å². The lowest BCUT2D eigenvalue weighted by Gasteiger charge is -2.28. The number of hydrogen-bond donors (Lipinski definition) is 1. The van der Waals surface area contributed by atoms with Crippen LogP contribution in [0, 0.1) is 5.92 Å². The van der Waals surface area contributed by atoms with Gasteiger partial charge in [-0.25, -0.2) is 0 Å². The molecule has 3 unspecified atom stereocenters. The predicted molar refractivity (Wildman–Crippen MR) is 58.1 cm³/mol. The van der Waals surface area contributed by atoms with Gasteiger partial charge in [-0.15, -0.1) is 0 Å². The Morgan fingerprint density at radius 1 is 1.64 bits per heavy atom. The Morgan fingerprint density at radius 2 is 2.29 bits per heavy atom. The Bertz CT molecular complexity index is 205. The predicted octanol–water partition coefficient (Wildman–Crippen LogP) is 1.24. The van der Waals surface area contributed by atoms with Crippen LogP contribution in [0.25, 0.3) is 0 Å². The summed E-state index contributed by atoms with van der Waals surface area (Å²) in [4.78, 5) is 13.9. The second-order valence-electron chi connectivity index (χ2n) is 4.40.